The number of benzene rings is 1. The van der Waals surface area contributed by atoms with Crippen LogP contribution in [0.1, 0.15) is 52.5 Å². The van der Waals surface area contributed by atoms with Gasteiger partial charge in [-0.25, -0.2) is 9.28 Å². The van der Waals surface area contributed by atoms with Gasteiger partial charge in [-0.05, 0) is 13.3 Å². The number of nitrogens with zero attached hydrogens (tertiary/aromatic N) is 1. The molecule has 1 amide bonds. The van der Waals surface area contributed by atoms with E-state index in [9.17, 15) is 14.4 Å². The van der Waals surface area contributed by atoms with E-state index in [1.807, 2.05) is 44.2 Å². The van der Waals surface area contributed by atoms with Crippen molar-refractivity contribution in [2.45, 2.75) is 52.5 Å². The molecule has 1 heterocycles. The highest BCUT2D eigenvalue weighted by Gasteiger charge is 2.65. The fourth-order valence-corrected chi connectivity index (χ4v) is 4.45. The number of thiol groups is 1. The molecule has 1 saturated heterocycles. The van der Waals surface area contributed by atoms with E-state index in [2.05, 4.69) is 12.6 Å². The third-order valence-electron chi connectivity index (χ3n) is 6.04. The zero-order valence-electron chi connectivity index (χ0n) is 15.5. The van der Waals surface area contributed by atoms with Crippen molar-refractivity contribution < 1.29 is 18.9 Å². The van der Waals surface area contributed by atoms with Gasteiger partial charge in [-0.1, -0.05) is 63.7 Å². The van der Waals surface area contributed by atoms with E-state index >= 15 is 0 Å². The largest absolute Gasteiger partial charge is 0.383 e. The van der Waals surface area contributed by atoms with Crippen LogP contribution in [-0.2, 0) is 19.9 Å². The van der Waals surface area contributed by atoms with Crippen molar-refractivity contribution in [3.63, 3.8) is 0 Å². The Kier molecular flexibility index (Phi) is 5.59. The van der Waals surface area contributed by atoms with Crippen LogP contribution in [0, 0.1) is 5.41 Å². The van der Waals surface area contributed by atoms with Gasteiger partial charge >= 0.3 is 5.91 Å². The summed E-state index contributed by atoms with van der Waals surface area (Å²) in [5.41, 5.74) is -1.05. The lowest BCUT2D eigenvalue weighted by molar-refractivity contribution is -0.884. The van der Waals surface area contributed by atoms with E-state index in [1.165, 1.54) is 0 Å². The highest BCUT2D eigenvalue weighted by atomic mass is 32.1. The van der Waals surface area contributed by atoms with Gasteiger partial charge in [-0.15, -0.1) is 0 Å². The smallest absolute Gasteiger partial charge is 0.283 e. The number of hydrogen-bond acceptors (Lipinski definition) is 3. The second kappa shape index (κ2) is 7.04. The number of likely N-dealkylation sites (tertiary alicyclic amines) is 1. The first-order chi connectivity index (χ1) is 11.7. The first-order valence-corrected chi connectivity index (χ1v) is 9.39. The molecule has 2 atom stereocenters. The molecule has 1 unspecified atom stereocenters. The SMILES string of the molecule is CCC(C)(C)C(=O)C(=O)[N+]1(CC)CCC[C@]1(C(=O)S)c1ccccc1. The third kappa shape index (κ3) is 2.87. The molecule has 1 aromatic rings. The van der Waals surface area contributed by atoms with Crippen LogP contribution < -0.4 is 0 Å². The number of ketones is 1. The Labute approximate surface area is 155 Å². The van der Waals surface area contributed by atoms with Crippen LogP contribution in [0.3, 0.4) is 0 Å². The Bertz CT molecular complexity index is 685. The number of hydrogen-bond donors (Lipinski definition) is 1. The third-order valence-corrected chi connectivity index (χ3v) is 6.41. The van der Waals surface area contributed by atoms with Crippen molar-refractivity contribution in [3.8, 4) is 0 Å². The molecule has 0 radical (unpaired) electrons. The summed E-state index contributed by atoms with van der Waals surface area (Å²) in [6, 6.07) is 9.33. The van der Waals surface area contributed by atoms with Crippen molar-refractivity contribution in [1.29, 1.82) is 0 Å². The minimum absolute atomic E-state index is 0.151. The maximum Gasteiger partial charge on any atom is 0.383 e. The van der Waals surface area contributed by atoms with Gasteiger partial charge in [0.1, 0.15) is 0 Å². The predicted octanol–water partition coefficient (Wildman–Crippen LogP) is 3.50. The summed E-state index contributed by atoms with van der Waals surface area (Å²) in [7, 11) is 0. The lowest BCUT2D eigenvalue weighted by Gasteiger charge is -2.44. The summed E-state index contributed by atoms with van der Waals surface area (Å²) < 4.78 is -0.151. The van der Waals surface area contributed by atoms with E-state index < -0.39 is 22.6 Å². The average molecular weight is 363 g/mol. The molecule has 5 heteroatoms. The fourth-order valence-electron chi connectivity index (χ4n) is 4.02. The lowest BCUT2D eigenvalue weighted by atomic mass is 9.81. The van der Waals surface area contributed by atoms with Gasteiger partial charge in [0, 0.05) is 23.8 Å². The standard InChI is InChI=1S/C20H27NO3S/c1-5-19(3,4)16(22)17(23)21(6-2)14-10-13-20(21,18(24)25)15-11-8-7-9-12-15/h7-9,11-12H,5-6,10,13-14H2,1-4H3/p+1/t20-,21?/m1/s1. The van der Waals surface area contributed by atoms with Gasteiger partial charge in [-0.2, -0.15) is 0 Å². The Morgan fingerprint density at radius 1 is 1.16 bits per heavy atom. The van der Waals surface area contributed by atoms with Crippen molar-refractivity contribution in [2.75, 3.05) is 13.1 Å². The zero-order valence-corrected chi connectivity index (χ0v) is 16.4. The normalized spacial score (nSPS) is 26.4. The molecule has 1 aromatic carbocycles. The molecule has 0 saturated carbocycles. The molecule has 1 aliphatic rings. The quantitative estimate of drug-likeness (QED) is 0.479. The maximum atomic E-state index is 13.4. The molecule has 0 spiro atoms. The minimum Gasteiger partial charge on any atom is -0.283 e. The van der Waals surface area contributed by atoms with Gasteiger partial charge < -0.3 is 0 Å². The molecular formula is C20H28NO3S+. The number of carbonyl (C=O) groups is 3. The molecular weight excluding hydrogens is 334 g/mol. The van der Waals surface area contributed by atoms with E-state index in [1.54, 1.807) is 13.8 Å². The van der Waals surface area contributed by atoms with E-state index in [0.717, 1.165) is 5.56 Å². The van der Waals surface area contributed by atoms with E-state index in [0.29, 0.717) is 32.4 Å². The van der Waals surface area contributed by atoms with Crippen LogP contribution in [0.5, 0.6) is 0 Å². The number of quaternary nitrogens is 1. The predicted molar refractivity (Wildman–Crippen MR) is 101 cm³/mol. The Morgan fingerprint density at radius 2 is 1.76 bits per heavy atom. The van der Waals surface area contributed by atoms with Crippen LogP contribution in [-0.4, -0.2) is 34.4 Å². The highest BCUT2D eigenvalue weighted by molar-refractivity contribution is 7.96. The van der Waals surface area contributed by atoms with Gasteiger partial charge in [0.2, 0.25) is 5.54 Å². The number of amides is 1. The summed E-state index contributed by atoms with van der Waals surface area (Å²) in [6.45, 7) is 8.25. The Morgan fingerprint density at radius 3 is 2.24 bits per heavy atom. The zero-order chi connectivity index (χ0) is 18.9. The maximum absolute atomic E-state index is 13.4. The van der Waals surface area contributed by atoms with Crippen LogP contribution in [0.15, 0.2) is 30.3 Å². The Balaban J connectivity index is 2.67. The van der Waals surface area contributed by atoms with Crippen molar-refractivity contribution >= 4 is 29.4 Å². The summed E-state index contributed by atoms with van der Waals surface area (Å²) in [5.74, 6) is -0.855. The summed E-state index contributed by atoms with van der Waals surface area (Å²) in [4.78, 5) is 39.2. The topological polar surface area (TPSA) is 51.2 Å². The first kappa shape index (κ1) is 19.9. The summed E-state index contributed by atoms with van der Waals surface area (Å²) in [5, 5.41) is -0.339. The molecule has 1 aliphatic heterocycles. The molecule has 25 heavy (non-hydrogen) atoms. The number of Topliss-reactive ketones (excluding diaryl/α,β-unsaturated/α-hetero) is 1. The summed E-state index contributed by atoms with van der Waals surface area (Å²) >= 11 is 4.20. The molecule has 0 aliphatic carbocycles. The van der Waals surface area contributed by atoms with Crippen LogP contribution in [0.4, 0.5) is 0 Å². The van der Waals surface area contributed by atoms with Gasteiger partial charge in [0.15, 0.2) is 0 Å². The second-order valence-electron chi connectivity index (χ2n) is 7.51. The monoisotopic (exact) mass is 362 g/mol. The van der Waals surface area contributed by atoms with Crippen LogP contribution >= 0.6 is 12.6 Å². The van der Waals surface area contributed by atoms with E-state index in [4.69, 9.17) is 0 Å². The molecule has 0 bridgehead atoms. The molecule has 136 valence electrons. The second-order valence-corrected chi connectivity index (χ2v) is 7.92. The van der Waals surface area contributed by atoms with Crippen molar-refractivity contribution in [2.24, 2.45) is 5.41 Å². The molecule has 2 rings (SSSR count). The van der Waals surface area contributed by atoms with Crippen molar-refractivity contribution in [1.82, 2.24) is 0 Å². The first-order valence-electron chi connectivity index (χ1n) is 8.95. The summed E-state index contributed by atoms with van der Waals surface area (Å²) in [6.07, 6.45) is 1.81. The molecule has 1 fully saturated rings. The average Bonchev–Trinajstić information content (AvgIpc) is 3.02. The minimum atomic E-state index is -1.09. The number of rotatable bonds is 6. The molecule has 0 aromatic heterocycles. The molecule has 0 N–H and O–H groups in total. The molecule has 4 nitrogen and oxygen atoms in total. The van der Waals surface area contributed by atoms with Gasteiger partial charge in [-0.3, -0.25) is 9.59 Å². The van der Waals surface area contributed by atoms with Crippen LogP contribution in [0.25, 0.3) is 0 Å². The number of carbonyl (C=O) groups excluding carboxylic acids is 3. The van der Waals surface area contributed by atoms with Crippen molar-refractivity contribution in [3.05, 3.63) is 35.9 Å². The van der Waals surface area contributed by atoms with Gasteiger partial charge in [0.05, 0.1) is 13.1 Å². The van der Waals surface area contributed by atoms with E-state index in [-0.39, 0.29) is 9.60 Å². The Hall–Kier alpha value is -1.46. The lowest BCUT2D eigenvalue weighted by Crippen LogP contribution is -2.67. The van der Waals surface area contributed by atoms with Crippen LogP contribution in [0.2, 0.25) is 0 Å². The van der Waals surface area contributed by atoms with Gasteiger partial charge in [0.25, 0.3) is 10.9 Å². The highest BCUT2D eigenvalue weighted by Crippen LogP contribution is 2.48. The number of likely N-dealkylation sites (N-methyl/N-ethyl adjacent to an activating group) is 1. The fraction of sp³-hybridized carbons (Fsp3) is 0.550.